The summed E-state index contributed by atoms with van der Waals surface area (Å²) in [6.07, 6.45) is -0.794. The molecule has 0 saturated heterocycles. The highest BCUT2D eigenvalue weighted by atomic mass is 16.5. The summed E-state index contributed by atoms with van der Waals surface area (Å²) in [5, 5.41) is 14.8. The molecule has 0 aliphatic heterocycles. The predicted octanol–water partition coefficient (Wildman–Crippen LogP) is 4.95. The van der Waals surface area contributed by atoms with Gasteiger partial charge in [-0.2, -0.15) is 0 Å². The molecule has 188 valence electrons. The van der Waals surface area contributed by atoms with Gasteiger partial charge in [0.1, 0.15) is 6.61 Å². The average Bonchev–Trinajstić information content (AvgIpc) is 3.08. The van der Waals surface area contributed by atoms with Crippen molar-refractivity contribution in [3.05, 3.63) is 59.7 Å². The van der Waals surface area contributed by atoms with Crippen molar-refractivity contribution in [1.82, 2.24) is 10.6 Å². The monoisotopic (exact) mass is 480 g/mol. The molecule has 1 atom stereocenters. The average molecular weight is 481 g/mol. The Kier molecular flexibility index (Phi) is 7.58. The molecule has 7 heteroatoms. The molecule has 0 bridgehead atoms. The fraction of sp³-hybridized carbons (Fsp3) is 0.464. The lowest BCUT2D eigenvalue weighted by atomic mass is 9.77. The van der Waals surface area contributed by atoms with Crippen LogP contribution in [0.3, 0.4) is 0 Å². The van der Waals surface area contributed by atoms with E-state index in [0.717, 1.165) is 22.3 Å². The molecule has 2 aromatic rings. The lowest BCUT2D eigenvalue weighted by Crippen LogP contribution is -2.58. The van der Waals surface area contributed by atoms with Crippen molar-refractivity contribution in [3.63, 3.8) is 0 Å². The lowest BCUT2D eigenvalue weighted by Gasteiger charge is -2.38. The lowest BCUT2D eigenvalue weighted by molar-refractivity contribution is -0.139. The summed E-state index contributed by atoms with van der Waals surface area (Å²) >= 11 is 0. The van der Waals surface area contributed by atoms with Gasteiger partial charge in [0.15, 0.2) is 0 Å². The zero-order chi connectivity index (χ0) is 26.0. The van der Waals surface area contributed by atoms with Gasteiger partial charge in [-0.05, 0) is 55.9 Å². The molecule has 1 aliphatic rings. The van der Waals surface area contributed by atoms with Gasteiger partial charge in [-0.25, -0.2) is 4.79 Å². The number of rotatable bonds is 9. The van der Waals surface area contributed by atoms with E-state index in [9.17, 15) is 14.4 Å². The first-order valence-corrected chi connectivity index (χ1v) is 12.0. The molecule has 3 N–H and O–H groups in total. The minimum Gasteiger partial charge on any atom is -0.481 e. The van der Waals surface area contributed by atoms with Gasteiger partial charge in [-0.1, -0.05) is 62.4 Å². The topological polar surface area (TPSA) is 105 Å². The minimum atomic E-state index is -1.00. The summed E-state index contributed by atoms with van der Waals surface area (Å²) in [4.78, 5) is 37.2. The van der Waals surface area contributed by atoms with E-state index in [1.54, 1.807) is 27.7 Å². The van der Waals surface area contributed by atoms with Crippen molar-refractivity contribution in [2.45, 2.75) is 65.5 Å². The number of amides is 2. The van der Waals surface area contributed by atoms with Crippen LogP contribution in [0, 0.1) is 11.3 Å². The maximum atomic E-state index is 13.1. The molecular weight excluding hydrogens is 444 g/mol. The highest BCUT2D eigenvalue weighted by Crippen LogP contribution is 2.44. The SMILES string of the molecule is CC(C)C(NC(=O)OCC1c2ccccc2-c2ccccc21)C(C)(C)C(=O)NC(C)(C)CC(=O)O. The standard InChI is InChI=1S/C28H36N2O5/c1-17(2)24(28(5,6)25(33)30-27(3,4)15-23(31)32)29-26(34)35-16-22-20-13-9-7-11-18(20)19-12-8-10-14-21(19)22/h7-14,17,22,24H,15-16H2,1-6H3,(H,29,34)(H,30,33)(H,31,32). The molecule has 1 unspecified atom stereocenters. The number of carbonyl (C=O) groups excluding carboxylic acids is 2. The largest absolute Gasteiger partial charge is 0.481 e. The summed E-state index contributed by atoms with van der Waals surface area (Å²) < 4.78 is 5.69. The van der Waals surface area contributed by atoms with Crippen LogP contribution in [-0.4, -0.2) is 41.3 Å². The zero-order valence-electron chi connectivity index (χ0n) is 21.3. The van der Waals surface area contributed by atoms with Crippen molar-refractivity contribution in [2.75, 3.05) is 6.61 Å². The molecule has 0 radical (unpaired) electrons. The summed E-state index contributed by atoms with van der Waals surface area (Å²) in [5.41, 5.74) is 2.63. The Bertz CT molecular complexity index is 1060. The summed E-state index contributed by atoms with van der Waals surface area (Å²) in [5.74, 6) is -1.45. The first-order valence-electron chi connectivity index (χ1n) is 12.0. The molecule has 0 heterocycles. The molecule has 0 saturated carbocycles. The highest BCUT2D eigenvalue weighted by Gasteiger charge is 2.42. The fourth-order valence-corrected chi connectivity index (χ4v) is 4.98. The molecule has 1 aliphatic carbocycles. The van der Waals surface area contributed by atoms with Gasteiger partial charge in [-0.15, -0.1) is 0 Å². The number of aliphatic carboxylic acids is 1. The van der Waals surface area contributed by atoms with Crippen LogP contribution in [0.2, 0.25) is 0 Å². The van der Waals surface area contributed by atoms with E-state index in [1.165, 1.54) is 0 Å². The Hall–Kier alpha value is -3.35. The molecular formula is C28H36N2O5. The predicted molar refractivity (Wildman–Crippen MR) is 135 cm³/mol. The van der Waals surface area contributed by atoms with Crippen molar-refractivity contribution in [2.24, 2.45) is 11.3 Å². The van der Waals surface area contributed by atoms with Gasteiger partial charge >= 0.3 is 12.1 Å². The third-order valence-electron chi connectivity index (χ3n) is 6.69. The van der Waals surface area contributed by atoms with E-state index in [-0.39, 0.29) is 30.8 Å². The number of carboxylic acid groups (broad SMARTS) is 1. The van der Waals surface area contributed by atoms with E-state index < -0.39 is 29.1 Å². The van der Waals surface area contributed by atoms with Gasteiger partial charge in [0.2, 0.25) is 5.91 Å². The second-order valence-corrected chi connectivity index (χ2v) is 10.8. The van der Waals surface area contributed by atoms with E-state index >= 15 is 0 Å². The van der Waals surface area contributed by atoms with E-state index in [4.69, 9.17) is 9.84 Å². The number of hydrogen-bond acceptors (Lipinski definition) is 4. The summed E-state index contributed by atoms with van der Waals surface area (Å²) in [7, 11) is 0. The number of carboxylic acids is 1. The van der Waals surface area contributed by atoms with Gasteiger partial charge in [0.05, 0.1) is 11.8 Å². The van der Waals surface area contributed by atoms with Gasteiger partial charge in [-0.3, -0.25) is 9.59 Å². The van der Waals surface area contributed by atoms with Crippen LogP contribution in [0.5, 0.6) is 0 Å². The second kappa shape index (κ2) is 10.1. The molecule has 2 amide bonds. The van der Waals surface area contributed by atoms with E-state index in [1.807, 2.05) is 38.1 Å². The number of carbonyl (C=O) groups is 3. The van der Waals surface area contributed by atoms with Gasteiger partial charge in [0.25, 0.3) is 0 Å². The second-order valence-electron chi connectivity index (χ2n) is 10.8. The third kappa shape index (κ3) is 5.84. The highest BCUT2D eigenvalue weighted by molar-refractivity contribution is 5.85. The number of fused-ring (bicyclic) bond motifs is 3. The Morgan fingerprint density at radius 2 is 1.46 bits per heavy atom. The molecule has 35 heavy (non-hydrogen) atoms. The first kappa shape index (κ1) is 26.3. The molecule has 2 aromatic carbocycles. The van der Waals surface area contributed by atoms with Gasteiger partial charge < -0.3 is 20.5 Å². The molecule has 0 aromatic heterocycles. The summed E-state index contributed by atoms with van der Waals surface area (Å²) in [6, 6.07) is 15.7. The number of ether oxygens (including phenoxy) is 1. The van der Waals surface area contributed by atoms with Crippen molar-refractivity contribution >= 4 is 18.0 Å². The van der Waals surface area contributed by atoms with Crippen molar-refractivity contribution < 1.29 is 24.2 Å². The van der Waals surface area contributed by atoms with Crippen LogP contribution in [0.25, 0.3) is 11.1 Å². The Morgan fingerprint density at radius 1 is 0.943 bits per heavy atom. The quantitative estimate of drug-likeness (QED) is 0.471. The van der Waals surface area contributed by atoms with Crippen LogP contribution >= 0.6 is 0 Å². The number of benzene rings is 2. The zero-order valence-corrected chi connectivity index (χ0v) is 21.3. The van der Waals surface area contributed by atoms with Crippen molar-refractivity contribution in [3.8, 4) is 11.1 Å². The van der Waals surface area contributed by atoms with E-state index in [2.05, 4.69) is 34.9 Å². The number of nitrogens with one attached hydrogen (secondary N) is 2. The van der Waals surface area contributed by atoms with Crippen LogP contribution < -0.4 is 10.6 Å². The smallest absolute Gasteiger partial charge is 0.407 e. The Morgan fingerprint density at radius 3 is 1.94 bits per heavy atom. The molecule has 0 spiro atoms. The third-order valence-corrected chi connectivity index (χ3v) is 6.69. The van der Waals surface area contributed by atoms with Crippen molar-refractivity contribution in [1.29, 1.82) is 0 Å². The molecule has 7 nitrogen and oxygen atoms in total. The van der Waals surface area contributed by atoms with Gasteiger partial charge in [0, 0.05) is 17.5 Å². The first-order chi connectivity index (χ1) is 16.3. The number of alkyl carbamates (subject to hydrolysis) is 1. The number of hydrogen-bond donors (Lipinski definition) is 3. The summed E-state index contributed by atoms with van der Waals surface area (Å²) in [6.45, 7) is 10.8. The van der Waals surface area contributed by atoms with Crippen LogP contribution in [0.1, 0.15) is 65.0 Å². The fourth-order valence-electron chi connectivity index (χ4n) is 4.98. The normalized spacial score (nSPS) is 14.1. The molecule has 0 fully saturated rings. The van der Waals surface area contributed by atoms with Crippen LogP contribution in [0.4, 0.5) is 4.79 Å². The maximum Gasteiger partial charge on any atom is 0.407 e. The minimum absolute atomic E-state index is 0.0567. The maximum absolute atomic E-state index is 13.1. The van der Waals surface area contributed by atoms with Crippen LogP contribution in [-0.2, 0) is 14.3 Å². The Balaban J connectivity index is 1.70. The van der Waals surface area contributed by atoms with E-state index in [0.29, 0.717) is 0 Å². The van der Waals surface area contributed by atoms with Crippen LogP contribution in [0.15, 0.2) is 48.5 Å². The Labute approximate surface area is 207 Å². The molecule has 3 rings (SSSR count).